The highest BCUT2D eigenvalue weighted by molar-refractivity contribution is 6.02. The van der Waals surface area contributed by atoms with Gasteiger partial charge < -0.3 is 15.1 Å². The van der Waals surface area contributed by atoms with Crippen molar-refractivity contribution in [3.63, 3.8) is 0 Å². The fourth-order valence-electron chi connectivity index (χ4n) is 4.52. The van der Waals surface area contributed by atoms with E-state index in [0.717, 1.165) is 38.0 Å². The Morgan fingerprint density at radius 3 is 2.30 bits per heavy atom. The van der Waals surface area contributed by atoms with Gasteiger partial charge in [-0.2, -0.15) is 0 Å². The average Bonchev–Trinajstić information content (AvgIpc) is 2.67. The lowest BCUT2D eigenvalue weighted by molar-refractivity contribution is -0.117. The van der Waals surface area contributed by atoms with Crippen LogP contribution in [-0.2, 0) is 4.79 Å². The SMILES string of the molecule is CCN(CC)C(=O)c1cc(NC(=O)C[C@@H](C)CC(C)(C)C)ccc1N1CCCCC1. The van der Waals surface area contributed by atoms with E-state index in [1.165, 1.54) is 6.42 Å². The summed E-state index contributed by atoms with van der Waals surface area (Å²) in [6, 6.07) is 5.82. The Balaban J connectivity index is 2.21. The Labute approximate surface area is 183 Å². The topological polar surface area (TPSA) is 52.7 Å². The molecule has 1 aliphatic heterocycles. The lowest BCUT2D eigenvalue weighted by Crippen LogP contribution is -2.35. The molecule has 0 aliphatic carbocycles. The summed E-state index contributed by atoms with van der Waals surface area (Å²) in [7, 11) is 0. The Morgan fingerprint density at radius 2 is 1.73 bits per heavy atom. The molecule has 2 amide bonds. The van der Waals surface area contributed by atoms with Crippen molar-refractivity contribution in [3.05, 3.63) is 23.8 Å². The number of nitrogens with one attached hydrogen (secondary N) is 1. The van der Waals surface area contributed by atoms with Crippen LogP contribution < -0.4 is 10.2 Å². The van der Waals surface area contributed by atoms with Gasteiger partial charge in [-0.15, -0.1) is 0 Å². The summed E-state index contributed by atoms with van der Waals surface area (Å²) in [6.45, 7) is 16.0. The first-order chi connectivity index (χ1) is 14.1. The van der Waals surface area contributed by atoms with Crippen LogP contribution in [-0.4, -0.2) is 42.9 Å². The summed E-state index contributed by atoms with van der Waals surface area (Å²) in [5.74, 6) is 0.367. The van der Waals surface area contributed by atoms with E-state index in [1.54, 1.807) is 0 Å². The van der Waals surface area contributed by atoms with Gasteiger partial charge in [-0.1, -0.05) is 27.7 Å². The van der Waals surface area contributed by atoms with Gasteiger partial charge in [-0.25, -0.2) is 0 Å². The van der Waals surface area contributed by atoms with Crippen molar-refractivity contribution in [2.45, 2.75) is 73.6 Å². The highest BCUT2D eigenvalue weighted by Crippen LogP contribution is 2.29. The molecule has 0 saturated carbocycles. The summed E-state index contributed by atoms with van der Waals surface area (Å²) in [4.78, 5) is 30.0. The van der Waals surface area contributed by atoms with Crippen molar-refractivity contribution in [1.82, 2.24) is 4.90 Å². The zero-order valence-electron chi connectivity index (χ0n) is 19.9. The molecule has 1 N–H and O–H groups in total. The molecule has 0 spiro atoms. The zero-order valence-corrected chi connectivity index (χ0v) is 19.9. The first kappa shape index (κ1) is 24.2. The molecule has 1 heterocycles. The van der Waals surface area contributed by atoms with Crippen molar-refractivity contribution < 1.29 is 9.59 Å². The normalized spacial score (nSPS) is 15.6. The fourth-order valence-corrected chi connectivity index (χ4v) is 4.52. The van der Waals surface area contributed by atoms with Crippen molar-refractivity contribution in [2.24, 2.45) is 11.3 Å². The maximum atomic E-state index is 13.2. The maximum Gasteiger partial charge on any atom is 0.256 e. The van der Waals surface area contributed by atoms with Crippen molar-refractivity contribution in [2.75, 3.05) is 36.4 Å². The summed E-state index contributed by atoms with van der Waals surface area (Å²) in [5.41, 5.74) is 2.60. The van der Waals surface area contributed by atoms with Crippen molar-refractivity contribution >= 4 is 23.2 Å². The quantitative estimate of drug-likeness (QED) is 0.605. The summed E-state index contributed by atoms with van der Waals surface area (Å²) >= 11 is 0. The van der Waals surface area contributed by atoms with Gasteiger partial charge in [0.1, 0.15) is 0 Å². The number of anilines is 2. The number of amides is 2. The van der Waals surface area contributed by atoms with Gasteiger partial charge in [0.15, 0.2) is 0 Å². The second-order valence-electron chi connectivity index (χ2n) is 9.88. The standard InChI is InChI=1S/C25H41N3O2/c1-7-27(8-2)24(30)21-17-20(12-13-22(21)28-14-10-9-11-15-28)26-23(29)16-19(3)18-25(4,5)6/h12-13,17,19H,7-11,14-16,18H2,1-6H3,(H,26,29)/t19-/m1/s1. The monoisotopic (exact) mass is 415 g/mol. The van der Waals surface area contributed by atoms with Crippen molar-refractivity contribution in [1.29, 1.82) is 0 Å². The smallest absolute Gasteiger partial charge is 0.256 e. The van der Waals surface area contributed by atoms with Crippen LogP contribution in [0.25, 0.3) is 0 Å². The molecule has 0 radical (unpaired) electrons. The predicted octanol–water partition coefficient (Wildman–Crippen LogP) is 5.56. The molecule has 1 aromatic rings. The van der Waals surface area contributed by atoms with E-state index in [9.17, 15) is 9.59 Å². The number of hydrogen-bond donors (Lipinski definition) is 1. The lowest BCUT2D eigenvalue weighted by atomic mass is 9.84. The molecule has 0 bridgehead atoms. The van der Waals surface area contributed by atoms with E-state index >= 15 is 0 Å². The third-order valence-corrected chi connectivity index (χ3v) is 5.75. The third-order valence-electron chi connectivity index (χ3n) is 5.75. The van der Waals surface area contributed by atoms with Crippen molar-refractivity contribution in [3.8, 4) is 0 Å². The first-order valence-corrected chi connectivity index (χ1v) is 11.6. The minimum Gasteiger partial charge on any atom is -0.371 e. The third kappa shape index (κ3) is 7.03. The van der Waals surface area contributed by atoms with Crippen LogP contribution in [0, 0.1) is 11.3 Å². The molecule has 168 valence electrons. The Kier molecular flexibility index (Phi) is 8.75. The van der Waals surface area contributed by atoms with E-state index < -0.39 is 0 Å². The summed E-state index contributed by atoms with van der Waals surface area (Å²) < 4.78 is 0. The number of piperidine rings is 1. The number of nitrogens with zero attached hydrogens (tertiary/aromatic N) is 2. The summed E-state index contributed by atoms with van der Waals surface area (Å²) in [5, 5.41) is 3.03. The minimum atomic E-state index is 0.0127. The highest BCUT2D eigenvalue weighted by Gasteiger charge is 2.23. The first-order valence-electron chi connectivity index (χ1n) is 11.6. The molecule has 1 aromatic carbocycles. The van der Waals surface area contributed by atoms with Gasteiger partial charge in [0, 0.05) is 44.0 Å². The molecule has 1 aliphatic rings. The second-order valence-corrected chi connectivity index (χ2v) is 9.88. The molecule has 5 nitrogen and oxygen atoms in total. The van der Waals surface area contributed by atoms with Gasteiger partial charge in [-0.3, -0.25) is 9.59 Å². The molecule has 1 saturated heterocycles. The minimum absolute atomic E-state index is 0.0127. The zero-order chi connectivity index (χ0) is 22.3. The van der Waals surface area contributed by atoms with Crippen LogP contribution in [0.3, 0.4) is 0 Å². The van der Waals surface area contributed by atoms with Crippen LogP contribution in [0.4, 0.5) is 11.4 Å². The van der Waals surface area contributed by atoms with Crippen LogP contribution in [0.5, 0.6) is 0 Å². The van der Waals surface area contributed by atoms with Crippen LogP contribution in [0.1, 0.15) is 84.0 Å². The molecule has 1 atom stereocenters. The molecular formula is C25H41N3O2. The molecule has 5 heteroatoms. The summed E-state index contributed by atoms with van der Waals surface area (Å²) in [6.07, 6.45) is 5.05. The lowest BCUT2D eigenvalue weighted by Gasteiger charge is -2.31. The Morgan fingerprint density at radius 1 is 1.10 bits per heavy atom. The van der Waals surface area contributed by atoms with E-state index in [-0.39, 0.29) is 17.2 Å². The molecule has 0 unspecified atom stereocenters. The van der Waals surface area contributed by atoms with Gasteiger partial charge in [-0.05, 0) is 69.1 Å². The predicted molar refractivity (Wildman–Crippen MR) is 126 cm³/mol. The van der Waals surface area contributed by atoms with E-state index in [4.69, 9.17) is 0 Å². The molecular weight excluding hydrogens is 374 g/mol. The second kappa shape index (κ2) is 10.8. The van der Waals surface area contributed by atoms with Gasteiger partial charge in [0.2, 0.25) is 5.91 Å². The van der Waals surface area contributed by atoms with Crippen LogP contribution in [0.2, 0.25) is 0 Å². The van der Waals surface area contributed by atoms with Crippen LogP contribution >= 0.6 is 0 Å². The van der Waals surface area contributed by atoms with Gasteiger partial charge >= 0.3 is 0 Å². The molecule has 30 heavy (non-hydrogen) atoms. The number of benzene rings is 1. The number of carbonyl (C=O) groups is 2. The van der Waals surface area contributed by atoms with E-state index in [0.29, 0.717) is 36.7 Å². The number of carbonyl (C=O) groups excluding carboxylic acids is 2. The number of hydrogen-bond acceptors (Lipinski definition) is 3. The van der Waals surface area contributed by atoms with Gasteiger partial charge in [0.05, 0.1) is 5.56 Å². The average molecular weight is 416 g/mol. The molecule has 2 rings (SSSR count). The highest BCUT2D eigenvalue weighted by atomic mass is 16.2. The fraction of sp³-hybridized carbons (Fsp3) is 0.680. The van der Waals surface area contributed by atoms with E-state index in [2.05, 4.69) is 37.9 Å². The van der Waals surface area contributed by atoms with Gasteiger partial charge in [0.25, 0.3) is 5.91 Å². The number of rotatable bonds is 8. The van der Waals surface area contributed by atoms with Crippen LogP contribution in [0.15, 0.2) is 18.2 Å². The largest absolute Gasteiger partial charge is 0.371 e. The Bertz CT molecular complexity index is 714. The molecule has 1 fully saturated rings. The maximum absolute atomic E-state index is 13.2. The Hall–Kier alpha value is -2.04. The molecule has 0 aromatic heterocycles. The van der Waals surface area contributed by atoms with E-state index in [1.807, 2.05) is 36.9 Å².